The number of amides is 1. The third-order valence-electron chi connectivity index (χ3n) is 4.90. The van der Waals surface area contributed by atoms with Crippen LogP contribution in [0.2, 0.25) is 0 Å². The van der Waals surface area contributed by atoms with Gasteiger partial charge in [0, 0.05) is 17.3 Å². The second-order valence-electron chi connectivity index (χ2n) is 6.97. The third-order valence-corrected chi connectivity index (χ3v) is 4.90. The van der Waals surface area contributed by atoms with Crippen LogP contribution in [0, 0.1) is 13.8 Å². The molecular weight excluding hydrogens is 380 g/mol. The average molecular weight is 402 g/mol. The van der Waals surface area contributed by atoms with Crippen LogP contribution in [0.5, 0.6) is 11.5 Å². The number of anilines is 1. The predicted octanol–water partition coefficient (Wildman–Crippen LogP) is 5.14. The van der Waals surface area contributed by atoms with Gasteiger partial charge in [0.15, 0.2) is 12.2 Å². The Bertz CT molecular complexity index is 1210. The lowest BCUT2D eigenvalue weighted by molar-refractivity contribution is -0.118. The topological polar surface area (TPSA) is 73.6 Å². The number of carbonyl (C=O) groups excluding carboxylic acids is 1. The molecule has 0 spiro atoms. The highest BCUT2D eigenvalue weighted by atomic mass is 16.5. The molecule has 0 fully saturated rings. The number of ether oxygens (including phenoxy) is 2. The molecule has 0 saturated heterocycles. The Morgan fingerprint density at radius 2 is 1.90 bits per heavy atom. The fraction of sp³-hybridized carbons (Fsp3) is 0.167. The van der Waals surface area contributed by atoms with E-state index in [4.69, 9.17) is 13.9 Å². The van der Waals surface area contributed by atoms with E-state index < -0.39 is 0 Å². The summed E-state index contributed by atoms with van der Waals surface area (Å²) in [5.74, 6) is 1.68. The van der Waals surface area contributed by atoms with Crippen molar-refractivity contribution in [2.24, 2.45) is 0 Å². The molecule has 0 saturated carbocycles. The number of nitrogens with one attached hydrogen (secondary N) is 1. The molecule has 1 aromatic heterocycles. The maximum Gasteiger partial charge on any atom is 0.262 e. The van der Waals surface area contributed by atoms with E-state index in [0.29, 0.717) is 28.4 Å². The lowest BCUT2D eigenvalue weighted by atomic mass is 10.1. The molecule has 0 unspecified atom stereocenters. The Kier molecular flexibility index (Phi) is 5.39. The third kappa shape index (κ3) is 4.12. The van der Waals surface area contributed by atoms with Gasteiger partial charge in [-0.1, -0.05) is 18.2 Å². The highest BCUT2D eigenvalue weighted by Gasteiger charge is 2.11. The number of aryl methyl sites for hydroxylation is 1. The predicted molar refractivity (Wildman–Crippen MR) is 116 cm³/mol. The van der Waals surface area contributed by atoms with Crippen molar-refractivity contribution in [3.8, 4) is 23.0 Å². The van der Waals surface area contributed by atoms with E-state index in [1.807, 2.05) is 62.4 Å². The van der Waals surface area contributed by atoms with Gasteiger partial charge in [-0.05, 0) is 61.4 Å². The van der Waals surface area contributed by atoms with Gasteiger partial charge in [-0.3, -0.25) is 4.79 Å². The first-order valence-electron chi connectivity index (χ1n) is 9.57. The molecule has 152 valence electrons. The SMILES string of the molecule is COc1cccc(-c2nc3ccc(NC(=O)COc4cccc(C)c4C)cc3o2)c1. The van der Waals surface area contributed by atoms with Crippen LogP contribution in [0.15, 0.2) is 65.1 Å². The molecule has 0 radical (unpaired) electrons. The molecule has 3 aromatic carbocycles. The molecule has 6 heteroatoms. The molecule has 4 rings (SSSR count). The fourth-order valence-corrected chi connectivity index (χ4v) is 3.10. The summed E-state index contributed by atoms with van der Waals surface area (Å²) in [6, 6.07) is 18.6. The first kappa shape index (κ1) is 19.5. The Morgan fingerprint density at radius 1 is 1.07 bits per heavy atom. The number of rotatable bonds is 6. The van der Waals surface area contributed by atoms with Crippen molar-refractivity contribution in [1.29, 1.82) is 0 Å². The molecule has 0 aliphatic heterocycles. The maximum atomic E-state index is 12.3. The Morgan fingerprint density at radius 3 is 2.73 bits per heavy atom. The van der Waals surface area contributed by atoms with Crippen molar-refractivity contribution in [2.45, 2.75) is 13.8 Å². The van der Waals surface area contributed by atoms with Gasteiger partial charge in [0.2, 0.25) is 5.89 Å². The van der Waals surface area contributed by atoms with E-state index in [1.54, 1.807) is 19.2 Å². The van der Waals surface area contributed by atoms with Gasteiger partial charge in [-0.15, -0.1) is 0 Å². The van der Waals surface area contributed by atoms with Crippen LogP contribution in [0.3, 0.4) is 0 Å². The van der Waals surface area contributed by atoms with Gasteiger partial charge in [0.05, 0.1) is 7.11 Å². The summed E-state index contributed by atoms with van der Waals surface area (Å²) in [4.78, 5) is 16.8. The van der Waals surface area contributed by atoms with Crippen LogP contribution < -0.4 is 14.8 Å². The Balaban J connectivity index is 1.47. The molecule has 1 N–H and O–H groups in total. The van der Waals surface area contributed by atoms with Crippen molar-refractivity contribution in [3.05, 3.63) is 71.8 Å². The quantitative estimate of drug-likeness (QED) is 0.483. The smallest absolute Gasteiger partial charge is 0.262 e. The second kappa shape index (κ2) is 8.29. The van der Waals surface area contributed by atoms with Crippen molar-refractivity contribution in [3.63, 3.8) is 0 Å². The first-order valence-corrected chi connectivity index (χ1v) is 9.57. The number of nitrogens with zero attached hydrogens (tertiary/aromatic N) is 1. The minimum absolute atomic E-state index is 0.0756. The molecule has 6 nitrogen and oxygen atoms in total. The molecule has 30 heavy (non-hydrogen) atoms. The average Bonchev–Trinajstić information content (AvgIpc) is 3.18. The van der Waals surface area contributed by atoms with Crippen LogP contribution in [-0.2, 0) is 4.79 Å². The number of oxazole rings is 1. The minimum atomic E-state index is -0.247. The lowest BCUT2D eigenvalue weighted by Crippen LogP contribution is -2.20. The number of benzene rings is 3. The van der Waals surface area contributed by atoms with Gasteiger partial charge < -0.3 is 19.2 Å². The highest BCUT2D eigenvalue weighted by Crippen LogP contribution is 2.28. The van der Waals surface area contributed by atoms with Gasteiger partial charge in [0.1, 0.15) is 17.0 Å². The number of hydrogen-bond acceptors (Lipinski definition) is 5. The van der Waals surface area contributed by atoms with Crippen LogP contribution in [0.4, 0.5) is 5.69 Å². The second-order valence-corrected chi connectivity index (χ2v) is 6.97. The summed E-state index contributed by atoms with van der Waals surface area (Å²) in [5, 5.41) is 2.83. The van der Waals surface area contributed by atoms with Gasteiger partial charge in [-0.2, -0.15) is 0 Å². The summed E-state index contributed by atoms with van der Waals surface area (Å²) in [6.07, 6.45) is 0. The molecule has 0 aliphatic carbocycles. The lowest BCUT2D eigenvalue weighted by Gasteiger charge is -2.11. The Labute approximate surface area is 174 Å². The molecule has 0 aliphatic rings. The van der Waals surface area contributed by atoms with E-state index in [1.165, 1.54) is 0 Å². The Hall–Kier alpha value is -3.80. The van der Waals surface area contributed by atoms with E-state index in [0.717, 1.165) is 22.4 Å². The van der Waals surface area contributed by atoms with Crippen molar-refractivity contribution < 1.29 is 18.7 Å². The monoisotopic (exact) mass is 402 g/mol. The normalized spacial score (nSPS) is 10.8. The van der Waals surface area contributed by atoms with Crippen molar-refractivity contribution in [1.82, 2.24) is 4.98 Å². The summed E-state index contributed by atoms with van der Waals surface area (Å²) >= 11 is 0. The summed E-state index contributed by atoms with van der Waals surface area (Å²) in [5.41, 5.74) is 4.87. The largest absolute Gasteiger partial charge is 0.497 e. The highest BCUT2D eigenvalue weighted by molar-refractivity contribution is 5.94. The number of hydrogen-bond donors (Lipinski definition) is 1. The van der Waals surface area contributed by atoms with E-state index >= 15 is 0 Å². The molecule has 1 heterocycles. The van der Waals surface area contributed by atoms with Gasteiger partial charge in [-0.25, -0.2) is 4.98 Å². The van der Waals surface area contributed by atoms with E-state index in [9.17, 15) is 4.79 Å². The van der Waals surface area contributed by atoms with E-state index in [-0.39, 0.29) is 12.5 Å². The van der Waals surface area contributed by atoms with Crippen molar-refractivity contribution in [2.75, 3.05) is 19.0 Å². The van der Waals surface area contributed by atoms with Crippen LogP contribution in [-0.4, -0.2) is 24.6 Å². The number of methoxy groups -OCH3 is 1. The first-order chi connectivity index (χ1) is 14.5. The molecule has 4 aromatic rings. The summed E-state index contributed by atoms with van der Waals surface area (Å²) < 4.78 is 16.8. The minimum Gasteiger partial charge on any atom is -0.497 e. The zero-order valence-corrected chi connectivity index (χ0v) is 17.1. The van der Waals surface area contributed by atoms with Gasteiger partial charge in [0.25, 0.3) is 5.91 Å². The summed E-state index contributed by atoms with van der Waals surface area (Å²) in [6.45, 7) is 3.91. The number of fused-ring (bicyclic) bond motifs is 1. The summed E-state index contributed by atoms with van der Waals surface area (Å²) in [7, 11) is 1.62. The van der Waals surface area contributed by atoms with Crippen LogP contribution in [0.25, 0.3) is 22.6 Å². The molecule has 1 amide bonds. The van der Waals surface area contributed by atoms with E-state index in [2.05, 4.69) is 10.3 Å². The van der Waals surface area contributed by atoms with Crippen LogP contribution >= 0.6 is 0 Å². The standard InChI is InChI=1S/C24H22N2O4/c1-15-6-4-9-21(16(15)2)29-14-23(27)25-18-10-11-20-22(13-18)30-24(26-20)17-7-5-8-19(12-17)28-3/h4-13H,14H2,1-3H3,(H,25,27). The van der Waals surface area contributed by atoms with Gasteiger partial charge >= 0.3 is 0 Å². The zero-order valence-electron chi connectivity index (χ0n) is 17.1. The van der Waals surface area contributed by atoms with Crippen molar-refractivity contribution >= 4 is 22.7 Å². The fourth-order valence-electron chi connectivity index (χ4n) is 3.10. The number of carbonyl (C=O) groups is 1. The molecule has 0 bridgehead atoms. The van der Waals surface area contributed by atoms with Crippen LogP contribution in [0.1, 0.15) is 11.1 Å². The molecular formula is C24H22N2O4. The zero-order chi connectivity index (χ0) is 21.1. The maximum absolute atomic E-state index is 12.3. The number of aromatic nitrogens is 1. The molecule has 0 atom stereocenters.